The molecule has 3 N–H and O–H groups in total. The van der Waals surface area contributed by atoms with Crippen LogP contribution in [0, 0.1) is 0 Å². The highest BCUT2D eigenvalue weighted by molar-refractivity contribution is 5.76. The Morgan fingerprint density at radius 1 is 1.28 bits per heavy atom. The number of ether oxygens (including phenoxy) is 1. The second-order valence-corrected chi connectivity index (χ2v) is 5.64. The predicted molar refractivity (Wildman–Crippen MR) is 90.7 cm³/mol. The molecule has 1 aromatic carbocycles. The molecule has 0 saturated carbocycles. The van der Waals surface area contributed by atoms with Crippen molar-refractivity contribution in [2.75, 3.05) is 36.5 Å². The fourth-order valence-corrected chi connectivity index (χ4v) is 2.36. The number of carboxylic acids is 1. The van der Waals surface area contributed by atoms with E-state index >= 15 is 0 Å². The molecule has 1 aliphatic rings. The second kappa shape index (κ2) is 7.31. The maximum Gasteiger partial charge on any atom is 0.325 e. The van der Waals surface area contributed by atoms with Crippen LogP contribution in [0.5, 0.6) is 5.75 Å². The molecule has 9 heteroatoms. The molecule has 132 valence electrons. The molecular weight excluding hydrogens is 326 g/mol. The Morgan fingerprint density at radius 2 is 2.04 bits per heavy atom. The monoisotopic (exact) mass is 345 g/mol. The molecule has 0 bridgehead atoms. The molecule has 0 aliphatic carbocycles. The average Bonchev–Trinajstić information content (AvgIpc) is 2.62. The molecule has 2 heterocycles. The van der Waals surface area contributed by atoms with Gasteiger partial charge in [0.2, 0.25) is 11.9 Å². The number of benzene rings is 1. The number of phenols is 1. The normalized spacial score (nSPS) is 15.6. The molecule has 1 unspecified atom stereocenters. The highest BCUT2D eigenvalue weighted by Gasteiger charge is 2.19. The van der Waals surface area contributed by atoms with Gasteiger partial charge < -0.3 is 25.2 Å². The number of nitrogens with zero attached hydrogens (tertiary/aromatic N) is 4. The minimum atomic E-state index is -1.01. The van der Waals surface area contributed by atoms with E-state index in [0.29, 0.717) is 43.6 Å². The second-order valence-electron chi connectivity index (χ2n) is 5.64. The third-order valence-corrected chi connectivity index (χ3v) is 3.74. The van der Waals surface area contributed by atoms with Crippen LogP contribution in [-0.2, 0) is 9.53 Å². The van der Waals surface area contributed by atoms with Gasteiger partial charge in [0.15, 0.2) is 5.82 Å². The Kier molecular flexibility index (Phi) is 4.94. The number of aliphatic carboxylic acids is 1. The summed E-state index contributed by atoms with van der Waals surface area (Å²) >= 11 is 0. The first-order valence-electron chi connectivity index (χ1n) is 7.90. The fraction of sp³-hybridized carbons (Fsp3) is 0.375. The van der Waals surface area contributed by atoms with Gasteiger partial charge in [0.1, 0.15) is 11.8 Å². The Hall–Kier alpha value is -2.94. The summed E-state index contributed by atoms with van der Waals surface area (Å²) in [5, 5.41) is 21.5. The largest absolute Gasteiger partial charge is 0.508 e. The molecule has 2 aromatic rings. The minimum Gasteiger partial charge on any atom is -0.508 e. The van der Waals surface area contributed by atoms with Gasteiger partial charge in [-0.25, -0.2) is 0 Å². The van der Waals surface area contributed by atoms with Crippen molar-refractivity contribution in [3.05, 3.63) is 24.3 Å². The van der Waals surface area contributed by atoms with Gasteiger partial charge in [-0.05, 0) is 19.1 Å². The first-order valence-corrected chi connectivity index (χ1v) is 7.90. The van der Waals surface area contributed by atoms with Gasteiger partial charge in [0.05, 0.1) is 13.2 Å². The van der Waals surface area contributed by atoms with Crippen molar-refractivity contribution in [3.8, 4) is 17.1 Å². The zero-order valence-corrected chi connectivity index (χ0v) is 13.7. The number of carboxylic acid groups (broad SMARTS) is 1. The van der Waals surface area contributed by atoms with Crippen LogP contribution in [0.4, 0.5) is 11.9 Å². The number of aromatic nitrogens is 3. The number of rotatable bonds is 5. The van der Waals surface area contributed by atoms with Crippen LogP contribution < -0.4 is 10.2 Å². The highest BCUT2D eigenvalue weighted by atomic mass is 16.5. The van der Waals surface area contributed by atoms with Crippen LogP contribution in [0.1, 0.15) is 6.92 Å². The molecular formula is C16H19N5O4. The lowest BCUT2D eigenvalue weighted by Crippen LogP contribution is -2.37. The first-order chi connectivity index (χ1) is 12.0. The molecule has 0 radical (unpaired) electrons. The van der Waals surface area contributed by atoms with E-state index in [1.807, 2.05) is 4.90 Å². The lowest BCUT2D eigenvalue weighted by molar-refractivity contribution is -0.137. The van der Waals surface area contributed by atoms with E-state index in [1.54, 1.807) is 24.3 Å². The Labute approximate surface area is 144 Å². The van der Waals surface area contributed by atoms with Crippen molar-refractivity contribution in [3.63, 3.8) is 0 Å². The average molecular weight is 345 g/mol. The van der Waals surface area contributed by atoms with Gasteiger partial charge in [-0.3, -0.25) is 4.79 Å². The number of anilines is 2. The molecule has 0 spiro atoms. The van der Waals surface area contributed by atoms with E-state index in [-0.39, 0.29) is 11.7 Å². The van der Waals surface area contributed by atoms with Gasteiger partial charge in [-0.1, -0.05) is 12.1 Å². The van der Waals surface area contributed by atoms with Crippen molar-refractivity contribution in [1.29, 1.82) is 0 Å². The Bertz CT molecular complexity index is 764. The number of morpholine rings is 1. The van der Waals surface area contributed by atoms with Crippen LogP contribution in [0.2, 0.25) is 0 Å². The van der Waals surface area contributed by atoms with Crippen LogP contribution in [-0.4, -0.2) is 63.5 Å². The maximum atomic E-state index is 11.1. The SMILES string of the molecule is CC(Nc1nc(-c2cccc(O)c2)nc(N2CCOCC2)n1)C(=O)O. The lowest BCUT2D eigenvalue weighted by Gasteiger charge is -2.27. The summed E-state index contributed by atoms with van der Waals surface area (Å²) in [5.41, 5.74) is 0.614. The Balaban J connectivity index is 1.99. The van der Waals surface area contributed by atoms with Crippen LogP contribution in [0.3, 0.4) is 0 Å². The van der Waals surface area contributed by atoms with Crippen LogP contribution >= 0.6 is 0 Å². The van der Waals surface area contributed by atoms with Gasteiger partial charge in [0, 0.05) is 18.7 Å². The summed E-state index contributed by atoms with van der Waals surface area (Å²) in [5.74, 6) is 0.0560. The minimum absolute atomic E-state index is 0.0965. The summed E-state index contributed by atoms with van der Waals surface area (Å²) in [6.45, 7) is 3.92. The smallest absolute Gasteiger partial charge is 0.325 e. The highest BCUT2D eigenvalue weighted by Crippen LogP contribution is 2.23. The van der Waals surface area contributed by atoms with E-state index in [1.165, 1.54) is 6.92 Å². The van der Waals surface area contributed by atoms with E-state index < -0.39 is 12.0 Å². The fourth-order valence-electron chi connectivity index (χ4n) is 2.36. The van der Waals surface area contributed by atoms with E-state index in [4.69, 9.17) is 9.84 Å². The number of hydrogen-bond donors (Lipinski definition) is 3. The van der Waals surface area contributed by atoms with Crippen molar-refractivity contribution in [1.82, 2.24) is 15.0 Å². The third kappa shape index (κ3) is 4.13. The molecule has 25 heavy (non-hydrogen) atoms. The summed E-state index contributed by atoms with van der Waals surface area (Å²) in [6.07, 6.45) is 0. The molecule has 1 atom stereocenters. The summed E-state index contributed by atoms with van der Waals surface area (Å²) in [6, 6.07) is 5.71. The predicted octanol–water partition coefficient (Wildman–Crippen LogP) is 0.966. The number of aromatic hydroxyl groups is 1. The third-order valence-electron chi connectivity index (χ3n) is 3.74. The van der Waals surface area contributed by atoms with Crippen molar-refractivity contribution in [2.24, 2.45) is 0 Å². The van der Waals surface area contributed by atoms with Gasteiger partial charge in [0.25, 0.3) is 0 Å². The van der Waals surface area contributed by atoms with Crippen LogP contribution in [0.25, 0.3) is 11.4 Å². The molecule has 1 aromatic heterocycles. The zero-order valence-electron chi connectivity index (χ0n) is 13.7. The van der Waals surface area contributed by atoms with Gasteiger partial charge in [-0.15, -0.1) is 0 Å². The van der Waals surface area contributed by atoms with E-state index in [0.717, 1.165) is 0 Å². The molecule has 0 amide bonds. The molecule has 1 aliphatic heterocycles. The van der Waals surface area contributed by atoms with Crippen molar-refractivity contribution in [2.45, 2.75) is 13.0 Å². The zero-order chi connectivity index (χ0) is 17.8. The quantitative estimate of drug-likeness (QED) is 0.727. The van der Waals surface area contributed by atoms with E-state index in [9.17, 15) is 9.90 Å². The number of hydrogen-bond acceptors (Lipinski definition) is 8. The summed E-state index contributed by atoms with van der Waals surface area (Å²) < 4.78 is 5.34. The molecule has 3 rings (SSSR count). The standard InChI is InChI=1S/C16H19N5O4/c1-10(14(23)24)17-15-18-13(11-3-2-4-12(22)9-11)19-16(20-15)21-5-7-25-8-6-21/h2-4,9-10,22H,5-8H2,1H3,(H,23,24)(H,17,18,19,20). The number of nitrogens with one attached hydrogen (secondary N) is 1. The number of carbonyl (C=O) groups is 1. The first kappa shape index (κ1) is 16.9. The van der Waals surface area contributed by atoms with Crippen LogP contribution in [0.15, 0.2) is 24.3 Å². The Morgan fingerprint density at radius 3 is 2.72 bits per heavy atom. The molecule has 1 fully saturated rings. The van der Waals surface area contributed by atoms with Crippen molar-refractivity contribution >= 4 is 17.9 Å². The topological polar surface area (TPSA) is 121 Å². The maximum absolute atomic E-state index is 11.1. The van der Waals surface area contributed by atoms with Gasteiger partial charge >= 0.3 is 5.97 Å². The van der Waals surface area contributed by atoms with E-state index in [2.05, 4.69) is 20.3 Å². The van der Waals surface area contributed by atoms with Gasteiger partial charge in [-0.2, -0.15) is 15.0 Å². The summed E-state index contributed by atoms with van der Waals surface area (Å²) in [7, 11) is 0. The molecule has 1 saturated heterocycles. The number of phenolic OH excluding ortho intramolecular Hbond substituents is 1. The van der Waals surface area contributed by atoms with Crippen molar-refractivity contribution < 1.29 is 19.7 Å². The molecule has 9 nitrogen and oxygen atoms in total. The summed E-state index contributed by atoms with van der Waals surface area (Å²) in [4.78, 5) is 26.2. The lowest BCUT2D eigenvalue weighted by atomic mass is 10.2.